The molecule has 1 aliphatic rings. The van der Waals surface area contributed by atoms with E-state index >= 15 is 0 Å². The number of hydrogen-bond donors (Lipinski definition) is 1. The van der Waals surface area contributed by atoms with E-state index in [1.165, 1.54) is 25.7 Å². The Labute approximate surface area is 121 Å². The van der Waals surface area contributed by atoms with Gasteiger partial charge in [-0.05, 0) is 60.2 Å². The molecular weight excluding hydrogens is 304 g/mol. The Morgan fingerprint density at radius 3 is 3.11 bits per heavy atom. The highest BCUT2D eigenvalue weighted by Crippen LogP contribution is 2.20. The lowest BCUT2D eigenvalue weighted by atomic mass is 9.97. The number of fused-ring (bicyclic) bond motifs is 1. The number of aromatic nitrogens is 3. The summed E-state index contributed by atoms with van der Waals surface area (Å²) < 4.78 is 2.75. The first-order valence-electron chi connectivity index (χ1n) is 6.75. The maximum Gasteiger partial charge on any atom is 0.243 e. The number of pyridine rings is 1. The van der Waals surface area contributed by atoms with Crippen LogP contribution in [0.25, 0.3) is 5.65 Å². The Bertz CT molecular complexity index is 603. The van der Waals surface area contributed by atoms with E-state index in [0.29, 0.717) is 5.95 Å². The minimum atomic E-state index is 0.698. The van der Waals surface area contributed by atoms with Crippen molar-refractivity contribution in [2.75, 3.05) is 11.9 Å². The Kier molecular flexibility index (Phi) is 3.82. The lowest BCUT2D eigenvalue weighted by molar-refractivity contribution is 0.679. The van der Waals surface area contributed by atoms with Crippen molar-refractivity contribution in [2.45, 2.75) is 32.1 Å². The molecule has 1 aliphatic carbocycles. The van der Waals surface area contributed by atoms with Gasteiger partial charge in [-0.1, -0.05) is 11.6 Å². The fraction of sp³-hybridized carbons (Fsp3) is 0.429. The summed E-state index contributed by atoms with van der Waals surface area (Å²) in [4.78, 5) is 4.47. The highest BCUT2D eigenvalue weighted by Gasteiger charge is 2.07. The fourth-order valence-electron chi connectivity index (χ4n) is 2.42. The Morgan fingerprint density at radius 1 is 1.37 bits per heavy atom. The van der Waals surface area contributed by atoms with E-state index in [-0.39, 0.29) is 0 Å². The lowest BCUT2D eigenvalue weighted by Gasteiger charge is -2.12. The van der Waals surface area contributed by atoms with Gasteiger partial charge in [-0.15, -0.1) is 5.10 Å². The van der Waals surface area contributed by atoms with Crippen LogP contribution in [0, 0.1) is 0 Å². The third kappa shape index (κ3) is 2.97. The highest BCUT2D eigenvalue weighted by molar-refractivity contribution is 9.10. The molecule has 0 atom stereocenters. The van der Waals surface area contributed by atoms with Crippen LogP contribution in [-0.2, 0) is 0 Å². The number of halogens is 1. The van der Waals surface area contributed by atoms with Crippen LogP contribution in [-0.4, -0.2) is 21.1 Å². The Morgan fingerprint density at radius 2 is 2.32 bits per heavy atom. The SMILES string of the molecule is Brc1cccn2nc(NCCC3=CCCCC3)nc12. The van der Waals surface area contributed by atoms with Gasteiger partial charge in [0.25, 0.3) is 0 Å². The minimum Gasteiger partial charge on any atom is -0.353 e. The average Bonchev–Trinajstić information content (AvgIpc) is 2.84. The lowest BCUT2D eigenvalue weighted by Crippen LogP contribution is -2.05. The van der Waals surface area contributed by atoms with Crippen molar-refractivity contribution in [1.29, 1.82) is 0 Å². The van der Waals surface area contributed by atoms with Gasteiger partial charge in [-0.2, -0.15) is 4.98 Å². The predicted octanol–water partition coefficient (Wildman–Crippen LogP) is 3.79. The topological polar surface area (TPSA) is 42.2 Å². The van der Waals surface area contributed by atoms with Gasteiger partial charge < -0.3 is 5.32 Å². The van der Waals surface area contributed by atoms with Crippen LogP contribution in [0.15, 0.2) is 34.5 Å². The molecule has 0 aliphatic heterocycles. The quantitative estimate of drug-likeness (QED) is 0.871. The van der Waals surface area contributed by atoms with Crippen LogP contribution in [0.2, 0.25) is 0 Å². The zero-order chi connectivity index (χ0) is 13.1. The molecular formula is C14H17BrN4. The Balaban J connectivity index is 1.62. The van der Waals surface area contributed by atoms with Crippen molar-refractivity contribution < 1.29 is 0 Å². The molecule has 1 N–H and O–H groups in total. The van der Waals surface area contributed by atoms with Crippen LogP contribution in [0.1, 0.15) is 32.1 Å². The summed E-state index contributed by atoms with van der Waals surface area (Å²) in [6.07, 6.45) is 10.6. The summed E-state index contributed by atoms with van der Waals surface area (Å²) in [7, 11) is 0. The molecule has 0 amide bonds. The van der Waals surface area contributed by atoms with Gasteiger partial charge in [0, 0.05) is 12.7 Å². The Hall–Kier alpha value is -1.36. The molecule has 0 spiro atoms. The van der Waals surface area contributed by atoms with Crippen molar-refractivity contribution in [2.24, 2.45) is 0 Å². The third-order valence-corrected chi connectivity index (χ3v) is 4.05. The molecule has 2 aromatic rings. The van der Waals surface area contributed by atoms with Crippen LogP contribution in [0.5, 0.6) is 0 Å². The summed E-state index contributed by atoms with van der Waals surface area (Å²) in [6, 6.07) is 3.92. The molecule has 100 valence electrons. The van der Waals surface area contributed by atoms with Crippen LogP contribution in [0.4, 0.5) is 5.95 Å². The molecule has 0 fully saturated rings. The molecule has 0 saturated carbocycles. The summed E-state index contributed by atoms with van der Waals surface area (Å²) in [6.45, 7) is 0.903. The molecule has 19 heavy (non-hydrogen) atoms. The number of hydrogen-bond acceptors (Lipinski definition) is 3. The third-order valence-electron chi connectivity index (χ3n) is 3.43. The fourth-order valence-corrected chi connectivity index (χ4v) is 2.84. The largest absolute Gasteiger partial charge is 0.353 e. The van der Waals surface area contributed by atoms with Crippen molar-refractivity contribution >= 4 is 27.5 Å². The van der Waals surface area contributed by atoms with Crippen molar-refractivity contribution in [3.05, 3.63) is 34.5 Å². The maximum atomic E-state index is 4.47. The smallest absolute Gasteiger partial charge is 0.243 e. The van der Waals surface area contributed by atoms with E-state index in [9.17, 15) is 0 Å². The first-order chi connectivity index (χ1) is 9.33. The average molecular weight is 321 g/mol. The number of nitrogens with zero attached hydrogens (tertiary/aromatic N) is 3. The zero-order valence-electron chi connectivity index (χ0n) is 10.8. The van der Waals surface area contributed by atoms with Gasteiger partial charge in [0.1, 0.15) is 0 Å². The highest BCUT2D eigenvalue weighted by atomic mass is 79.9. The van der Waals surface area contributed by atoms with Crippen LogP contribution in [0.3, 0.4) is 0 Å². The summed E-state index contributed by atoms with van der Waals surface area (Å²) >= 11 is 3.48. The minimum absolute atomic E-state index is 0.698. The monoisotopic (exact) mass is 320 g/mol. The second kappa shape index (κ2) is 5.74. The molecule has 0 unspecified atom stereocenters. The number of allylic oxidation sites excluding steroid dienone is 1. The van der Waals surface area contributed by atoms with E-state index in [1.807, 2.05) is 18.3 Å². The van der Waals surface area contributed by atoms with E-state index in [0.717, 1.165) is 23.1 Å². The molecule has 2 heterocycles. The summed E-state index contributed by atoms with van der Waals surface area (Å²) in [5, 5.41) is 7.71. The van der Waals surface area contributed by atoms with Gasteiger partial charge in [0.15, 0.2) is 5.65 Å². The first kappa shape index (κ1) is 12.7. The van der Waals surface area contributed by atoms with Gasteiger partial charge in [-0.3, -0.25) is 0 Å². The van der Waals surface area contributed by atoms with Crippen molar-refractivity contribution in [3.8, 4) is 0 Å². The summed E-state index contributed by atoms with van der Waals surface area (Å²) in [5.74, 6) is 0.698. The summed E-state index contributed by atoms with van der Waals surface area (Å²) in [5.41, 5.74) is 2.42. The van der Waals surface area contributed by atoms with E-state index in [1.54, 1.807) is 10.1 Å². The molecule has 0 radical (unpaired) electrons. The van der Waals surface area contributed by atoms with Crippen molar-refractivity contribution in [3.63, 3.8) is 0 Å². The van der Waals surface area contributed by atoms with Gasteiger partial charge in [-0.25, -0.2) is 4.52 Å². The molecule has 3 rings (SSSR count). The molecule has 0 bridgehead atoms. The van der Waals surface area contributed by atoms with Crippen LogP contribution < -0.4 is 5.32 Å². The van der Waals surface area contributed by atoms with Gasteiger partial charge in [0.05, 0.1) is 4.47 Å². The number of nitrogens with one attached hydrogen (secondary N) is 1. The first-order valence-corrected chi connectivity index (χ1v) is 7.55. The van der Waals surface area contributed by atoms with Gasteiger partial charge in [0.2, 0.25) is 5.95 Å². The standard InChI is InChI=1S/C14H17BrN4/c15-12-7-4-10-19-13(12)17-14(18-19)16-9-8-11-5-2-1-3-6-11/h4-5,7,10H,1-3,6,8-9H2,(H,16,18). The van der Waals surface area contributed by atoms with Crippen LogP contribution >= 0.6 is 15.9 Å². The van der Waals surface area contributed by atoms with E-state index in [2.05, 4.69) is 37.4 Å². The molecule has 5 heteroatoms. The predicted molar refractivity (Wildman–Crippen MR) is 80.3 cm³/mol. The second-order valence-corrected chi connectivity index (χ2v) is 5.70. The molecule has 0 saturated heterocycles. The zero-order valence-corrected chi connectivity index (χ0v) is 12.4. The van der Waals surface area contributed by atoms with Gasteiger partial charge >= 0.3 is 0 Å². The number of anilines is 1. The molecule has 0 aromatic carbocycles. The molecule has 4 nitrogen and oxygen atoms in total. The normalized spacial score (nSPS) is 15.5. The van der Waals surface area contributed by atoms with Crippen molar-refractivity contribution in [1.82, 2.24) is 14.6 Å². The molecule has 2 aromatic heterocycles. The maximum absolute atomic E-state index is 4.47. The number of rotatable bonds is 4. The van der Waals surface area contributed by atoms with E-state index < -0.39 is 0 Å². The second-order valence-electron chi connectivity index (χ2n) is 4.84. The van der Waals surface area contributed by atoms with E-state index in [4.69, 9.17) is 0 Å².